The Balaban J connectivity index is 2.31. The van der Waals surface area contributed by atoms with Gasteiger partial charge in [-0.05, 0) is 32.6 Å². The lowest BCUT2D eigenvalue weighted by Crippen LogP contribution is -2.70. The molecule has 4 heteroatoms. The molecule has 1 aliphatic carbocycles. The predicted molar refractivity (Wildman–Crippen MR) is 70.0 cm³/mol. The number of amides is 2. The molecule has 102 valence electrons. The second-order valence-electron chi connectivity index (χ2n) is 5.64. The minimum Gasteiger partial charge on any atom is -0.340 e. The van der Waals surface area contributed by atoms with Gasteiger partial charge in [0.05, 0.1) is 0 Å². The van der Waals surface area contributed by atoms with Gasteiger partial charge in [-0.15, -0.1) is 0 Å². The first-order valence-electron chi connectivity index (χ1n) is 7.20. The molecule has 1 saturated heterocycles. The Kier molecular flexibility index (Phi) is 3.64. The van der Waals surface area contributed by atoms with Crippen LogP contribution in [0.4, 0.5) is 0 Å². The highest BCUT2D eigenvalue weighted by Crippen LogP contribution is 2.35. The Labute approximate surface area is 109 Å². The summed E-state index contributed by atoms with van der Waals surface area (Å²) >= 11 is 0. The summed E-state index contributed by atoms with van der Waals surface area (Å²) in [6.45, 7) is 6.01. The number of piperazine rings is 1. The zero-order valence-corrected chi connectivity index (χ0v) is 11.7. The number of nitrogens with zero attached hydrogens (tertiary/aromatic N) is 1. The Bertz CT molecular complexity index is 344. The summed E-state index contributed by atoms with van der Waals surface area (Å²) in [7, 11) is 0. The van der Waals surface area contributed by atoms with Gasteiger partial charge >= 0.3 is 0 Å². The van der Waals surface area contributed by atoms with E-state index in [2.05, 4.69) is 19.2 Å². The van der Waals surface area contributed by atoms with E-state index in [-0.39, 0.29) is 23.9 Å². The van der Waals surface area contributed by atoms with Gasteiger partial charge in [0.25, 0.3) is 0 Å². The van der Waals surface area contributed by atoms with Crippen molar-refractivity contribution in [2.24, 2.45) is 0 Å². The fourth-order valence-electron chi connectivity index (χ4n) is 3.42. The molecule has 18 heavy (non-hydrogen) atoms. The molecule has 0 aromatic carbocycles. The molecular weight excluding hydrogens is 228 g/mol. The smallest absolute Gasteiger partial charge is 0.249 e. The van der Waals surface area contributed by atoms with Crippen molar-refractivity contribution < 1.29 is 9.59 Å². The minimum atomic E-state index is -0.577. The Morgan fingerprint density at radius 1 is 1.28 bits per heavy atom. The lowest BCUT2D eigenvalue weighted by atomic mass is 9.89. The van der Waals surface area contributed by atoms with Crippen LogP contribution in [-0.4, -0.2) is 34.3 Å². The van der Waals surface area contributed by atoms with E-state index in [1.165, 1.54) is 0 Å². The molecule has 1 unspecified atom stereocenters. The first-order valence-corrected chi connectivity index (χ1v) is 7.20. The van der Waals surface area contributed by atoms with Crippen LogP contribution in [0.5, 0.6) is 0 Å². The molecular formula is C14H24N2O2. The molecule has 0 aromatic rings. The van der Waals surface area contributed by atoms with Crippen LogP contribution in [0.2, 0.25) is 0 Å². The largest absolute Gasteiger partial charge is 0.340 e. The normalized spacial score (nSPS) is 27.1. The Hall–Kier alpha value is -1.06. The minimum absolute atomic E-state index is 0.0170. The van der Waals surface area contributed by atoms with Crippen molar-refractivity contribution in [3.05, 3.63) is 0 Å². The van der Waals surface area contributed by atoms with E-state index in [4.69, 9.17) is 0 Å². The van der Waals surface area contributed by atoms with Gasteiger partial charge in [-0.25, -0.2) is 0 Å². The standard InChI is InChI=1S/C14H24N2O2/c1-4-11(5-2)16-10(3)12(17)15-14(13(16)18)8-6-7-9-14/h10-11H,4-9H2,1-3H3,(H,15,17). The third-order valence-electron chi connectivity index (χ3n) is 4.60. The lowest BCUT2D eigenvalue weighted by Gasteiger charge is -2.46. The maximum absolute atomic E-state index is 12.8. The van der Waals surface area contributed by atoms with E-state index in [0.29, 0.717) is 0 Å². The van der Waals surface area contributed by atoms with Crippen LogP contribution in [0.25, 0.3) is 0 Å². The van der Waals surface area contributed by atoms with Crippen LogP contribution in [-0.2, 0) is 9.59 Å². The van der Waals surface area contributed by atoms with E-state index in [9.17, 15) is 9.59 Å². The molecule has 1 spiro atoms. The van der Waals surface area contributed by atoms with Crippen molar-refractivity contribution in [2.75, 3.05) is 0 Å². The van der Waals surface area contributed by atoms with Gasteiger partial charge in [0, 0.05) is 6.04 Å². The molecule has 0 radical (unpaired) electrons. The van der Waals surface area contributed by atoms with Gasteiger partial charge in [0.2, 0.25) is 11.8 Å². The molecule has 2 amide bonds. The highest BCUT2D eigenvalue weighted by molar-refractivity contribution is 6.00. The number of carbonyl (C=O) groups is 2. The van der Waals surface area contributed by atoms with Gasteiger partial charge < -0.3 is 10.2 Å². The Morgan fingerprint density at radius 2 is 1.83 bits per heavy atom. The van der Waals surface area contributed by atoms with Crippen LogP contribution >= 0.6 is 0 Å². The number of carbonyl (C=O) groups excluding carboxylic acids is 2. The van der Waals surface area contributed by atoms with Crippen molar-refractivity contribution >= 4 is 11.8 Å². The number of rotatable bonds is 3. The molecule has 1 aliphatic heterocycles. The first kappa shape index (κ1) is 13.4. The van der Waals surface area contributed by atoms with Crippen LogP contribution < -0.4 is 5.32 Å². The van der Waals surface area contributed by atoms with Gasteiger partial charge in [-0.1, -0.05) is 26.7 Å². The SMILES string of the molecule is CCC(CC)N1C(=O)C2(CCCC2)NC(=O)C1C. The number of hydrogen-bond acceptors (Lipinski definition) is 2. The molecule has 2 rings (SSSR count). The summed E-state index contributed by atoms with van der Waals surface area (Å²) in [5, 5.41) is 2.99. The number of hydrogen-bond donors (Lipinski definition) is 1. The van der Waals surface area contributed by atoms with E-state index in [1.807, 2.05) is 11.8 Å². The fourth-order valence-corrected chi connectivity index (χ4v) is 3.42. The topological polar surface area (TPSA) is 49.4 Å². The van der Waals surface area contributed by atoms with Crippen LogP contribution in [0.3, 0.4) is 0 Å². The summed E-state index contributed by atoms with van der Waals surface area (Å²) in [5.41, 5.74) is -0.577. The molecule has 0 bridgehead atoms. The van der Waals surface area contributed by atoms with E-state index in [0.717, 1.165) is 38.5 Å². The third kappa shape index (κ3) is 1.91. The maximum Gasteiger partial charge on any atom is 0.249 e. The van der Waals surface area contributed by atoms with Gasteiger partial charge in [0.1, 0.15) is 11.6 Å². The van der Waals surface area contributed by atoms with E-state index >= 15 is 0 Å². The van der Waals surface area contributed by atoms with Crippen molar-refractivity contribution in [1.29, 1.82) is 0 Å². The fraction of sp³-hybridized carbons (Fsp3) is 0.857. The second-order valence-corrected chi connectivity index (χ2v) is 5.64. The van der Waals surface area contributed by atoms with E-state index < -0.39 is 5.54 Å². The Morgan fingerprint density at radius 3 is 2.33 bits per heavy atom. The summed E-state index contributed by atoms with van der Waals surface area (Å²) in [5.74, 6) is 0.171. The van der Waals surface area contributed by atoms with Crippen molar-refractivity contribution in [3.63, 3.8) is 0 Å². The highest BCUT2D eigenvalue weighted by atomic mass is 16.2. The van der Waals surface area contributed by atoms with Gasteiger partial charge in [0.15, 0.2) is 0 Å². The maximum atomic E-state index is 12.8. The van der Waals surface area contributed by atoms with E-state index in [1.54, 1.807) is 0 Å². The molecule has 1 atom stereocenters. The highest BCUT2D eigenvalue weighted by Gasteiger charge is 2.51. The van der Waals surface area contributed by atoms with Gasteiger partial charge in [-0.3, -0.25) is 9.59 Å². The predicted octanol–water partition coefficient (Wildman–Crippen LogP) is 1.83. The van der Waals surface area contributed by atoms with Crippen molar-refractivity contribution in [1.82, 2.24) is 10.2 Å². The molecule has 1 saturated carbocycles. The summed E-state index contributed by atoms with van der Waals surface area (Å²) in [6, 6.07) is -0.135. The van der Waals surface area contributed by atoms with Crippen molar-refractivity contribution in [3.8, 4) is 0 Å². The second kappa shape index (κ2) is 4.90. The zero-order chi connectivity index (χ0) is 13.3. The summed E-state index contributed by atoms with van der Waals surface area (Å²) in [4.78, 5) is 26.8. The third-order valence-corrected chi connectivity index (χ3v) is 4.60. The number of nitrogens with one attached hydrogen (secondary N) is 1. The molecule has 1 heterocycles. The average Bonchev–Trinajstić information content (AvgIpc) is 2.82. The molecule has 0 aromatic heterocycles. The van der Waals surface area contributed by atoms with Crippen molar-refractivity contribution in [2.45, 2.75) is 76.9 Å². The molecule has 1 N–H and O–H groups in total. The quantitative estimate of drug-likeness (QED) is 0.833. The monoisotopic (exact) mass is 252 g/mol. The van der Waals surface area contributed by atoms with Gasteiger partial charge in [-0.2, -0.15) is 0 Å². The van der Waals surface area contributed by atoms with Crippen LogP contribution in [0.15, 0.2) is 0 Å². The zero-order valence-electron chi connectivity index (χ0n) is 11.7. The van der Waals surface area contributed by atoms with Crippen LogP contribution in [0.1, 0.15) is 59.3 Å². The summed E-state index contributed by atoms with van der Waals surface area (Å²) < 4.78 is 0. The molecule has 4 nitrogen and oxygen atoms in total. The average molecular weight is 252 g/mol. The molecule has 2 aliphatic rings. The summed E-state index contributed by atoms with van der Waals surface area (Å²) in [6.07, 6.45) is 5.52. The van der Waals surface area contributed by atoms with Crippen LogP contribution in [0, 0.1) is 0 Å². The molecule has 2 fully saturated rings. The first-order chi connectivity index (χ1) is 8.55. The lowest BCUT2D eigenvalue weighted by molar-refractivity contribution is -0.157.